The van der Waals surface area contributed by atoms with Crippen molar-refractivity contribution in [3.8, 4) is 0 Å². The molecule has 0 rings (SSSR count). The van der Waals surface area contributed by atoms with Gasteiger partial charge >= 0.3 is 0 Å². The van der Waals surface area contributed by atoms with Gasteiger partial charge in [0.1, 0.15) is 0 Å². The summed E-state index contributed by atoms with van der Waals surface area (Å²) in [4.78, 5) is 11.0. The minimum atomic E-state index is -0.375. The van der Waals surface area contributed by atoms with E-state index in [9.17, 15) is 4.79 Å². The molecule has 0 unspecified atom stereocenters. The average Bonchev–Trinajstić information content (AvgIpc) is 2.02. The lowest BCUT2D eigenvalue weighted by Gasteiger charge is -2.05. The topological polar surface area (TPSA) is 40.5 Å². The zero-order chi connectivity index (χ0) is 11.1. The molecular formula is C12H23NO2. The molecule has 3 heteroatoms. The minimum Gasteiger partial charge on any atom is -0.286 e. The lowest BCUT2D eigenvalue weighted by molar-refractivity contribution is -0.153. The molecule has 0 saturated carbocycles. The van der Waals surface area contributed by atoms with Crippen LogP contribution in [-0.4, -0.2) is 23.2 Å². The quantitative estimate of drug-likeness (QED) is 0.337. The molecule has 0 bridgehead atoms. The van der Waals surface area contributed by atoms with Crippen LogP contribution in [-0.2, 0) is 4.79 Å². The summed E-state index contributed by atoms with van der Waals surface area (Å²) in [6.45, 7) is 5.98. The van der Waals surface area contributed by atoms with Gasteiger partial charge in [0.25, 0.3) is 5.91 Å². The monoisotopic (exact) mass is 213 g/mol. The van der Waals surface area contributed by atoms with Crippen molar-refractivity contribution < 1.29 is 10.0 Å². The number of carbonyl (C=O) groups excluding carboxylic acids is 1. The molecule has 1 N–H and O–H groups in total. The lowest BCUT2D eigenvalue weighted by Crippen LogP contribution is -2.20. The molecular weight excluding hydrogens is 190 g/mol. The van der Waals surface area contributed by atoms with Gasteiger partial charge < -0.3 is 0 Å². The van der Waals surface area contributed by atoms with E-state index in [-0.39, 0.29) is 13.3 Å². The van der Waals surface area contributed by atoms with Gasteiger partial charge in [0.05, 0.1) is 0 Å². The number of likely N-dealkylation sites (N-methyl/N-ethyl adjacent to an activating group) is 1. The highest BCUT2D eigenvalue weighted by molar-refractivity contribution is 5.86. The van der Waals surface area contributed by atoms with Crippen molar-refractivity contribution in [3.63, 3.8) is 0 Å². The van der Waals surface area contributed by atoms with Gasteiger partial charge in [-0.05, 0) is 33.6 Å². The molecule has 3 nitrogen and oxygen atoms in total. The van der Waals surface area contributed by atoms with Crippen LogP contribution < -0.4 is 0 Å². The molecule has 0 aromatic carbocycles. The van der Waals surface area contributed by atoms with Crippen molar-refractivity contribution in [2.24, 2.45) is 0 Å². The van der Waals surface area contributed by atoms with Gasteiger partial charge in [0.15, 0.2) is 0 Å². The summed E-state index contributed by atoms with van der Waals surface area (Å²) in [5, 5.41) is 9.40. The van der Waals surface area contributed by atoms with Crippen molar-refractivity contribution in [1.29, 1.82) is 0 Å². The van der Waals surface area contributed by atoms with E-state index in [1.807, 2.05) is 20.8 Å². The van der Waals surface area contributed by atoms with Crippen LogP contribution in [0.5, 0.6) is 0 Å². The van der Waals surface area contributed by atoms with Crippen LogP contribution >= 0.6 is 0 Å². The van der Waals surface area contributed by atoms with Gasteiger partial charge in [-0.15, -0.1) is 0 Å². The Balaban J connectivity index is 0. The number of hydrogen-bond donors (Lipinski definition) is 1. The molecule has 0 aliphatic rings. The second kappa shape index (κ2) is 8.24. The summed E-state index contributed by atoms with van der Waals surface area (Å²) in [6.07, 6.45) is 5.38. The van der Waals surface area contributed by atoms with Gasteiger partial charge in [-0.3, -0.25) is 10.0 Å². The van der Waals surface area contributed by atoms with Crippen LogP contribution in [0.15, 0.2) is 23.3 Å². The van der Waals surface area contributed by atoms with Gasteiger partial charge in [-0.1, -0.05) is 24.6 Å². The molecule has 0 aliphatic carbocycles. The lowest BCUT2D eigenvalue weighted by atomic mass is 10.1. The average molecular weight is 213 g/mol. The van der Waals surface area contributed by atoms with E-state index < -0.39 is 0 Å². The molecule has 0 saturated heterocycles. The fourth-order valence-electron chi connectivity index (χ4n) is 0.965. The maximum absolute atomic E-state index is 11.0. The van der Waals surface area contributed by atoms with Crippen molar-refractivity contribution in [1.82, 2.24) is 5.06 Å². The van der Waals surface area contributed by atoms with E-state index in [1.54, 1.807) is 0 Å². The highest BCUT2D eigenvalue weighted by atomic mass is 16.5. The zero-order valence-corrected chi connectivity index (χ0v) is 9.37. The Bertz CT molecular complexity index is 248. The fourth-order valence-corrected chi connectivity index (χ4v) is 0.965. The van der Waals surface area contributed by atoms with E-state index in [2.05, 4.69) is 6.08 Å². The first-order valence-electron chi connectivity index (χ1n) is 4.70. The highest BCUT2D eigenvalue weighted by Crippen LogP contribution is 2.06. The van der Waals surface area contributed by atoms with Crippen molar-refractivity contribution in [3.05, 3.63) is 23.3 Å². The summed E-state index contributed by atoms with van der Waals surface area (Å²) < 4.78 is 0. The Hall–Kier alpha value is -1.09. The Kier molecular flexibility index (Phi) is 8.98. The highest BCUT2D eigenvalue weighted by Gasteiger charge is 2.00. The molecule has 0 aromatic heterocycles. The van der Waals surface area contributed by atoms with Gasteiger partial charge in [0, 0.05) is 13.1 Å². The van der Waals surface area contributed by atoms with Gasteiger partial charge in [-0.25, -0.2) is 5.06 Å². The Morgan fingerprint density at radius 2 is 1.87 bits per heavy atom. The number of nitrogens with zero attached hydrogens (tertiary/aromatic N) is 1. The standard InChI is InChI=1S/C11H19NO2.CH4/c1-9(2)6-5-7-10(3)8-11(13)12(4)14;/h6,8,14H,5,7H2,1-4H3;1H4/b10-8+;. The van der Waals surface area contributed by atoms with Crippen LogP contribution in [0.2, 0.25) is 0 Å². The molecule has 0 fully saturated rings. The molecule has 1 amide bonds. The van der Waals surface area contributed by atoms with Crippen molar-refractivity contribution in [2.45, 2.75) is 41.0 Å². The maximum Gasteiger partial charge on any atom is 0.269 e. The molecule has 0 radical (unpaired) electrons. The van der Waals surface area contributed by atoms with E-state index in [0.29, 0.717) is 5.06 Å². The number of carbonyl (C=O) groups is 1. The number of rotatable bonds is 4. The summed E-state index contributed by atoms with van der Waals surface area (Å²) in [7, 11) is 1.32. The first-order valence-corrected chi connectivity index (χ1v) is 4.70. The molecule has 88 valence electrons. The molecule has 0 heterocycles. The third-order valence-electron chi connectivity index (χ3n) is 1.78. The smallest absolute Gasteiger partial charge is 0.269 e. The first kappa shape index (κ1) is 16.3. The molecule has 0 spiro atoms. The largest absolute Gasteiger partial charge is 0.286 e. The Labute approximate surface area is 93.0 Å². The van der Waals surface area contributed by atoms with Crippen LogP contribution in [0.1, 0.15) is 41.0 Å². The summed E-state index contributed by atoms with van der Waals surface area (Å²) in [6, 6.07) is 0. The molecule has 15 heavy (non-hydrogen) atoms. The van der Waals surface area contributed by atoms with Crippen LogP contribution in [0.4, 0.5) is 0 Å². The number of hydrogen-bond acceptors (Lipinski definition) is 2. The first-order chi connectivity index (χ1) is 6.43. The van der Waals surface area contributed by atoms with E-state index in [1.165, 1.54) is 18.7 Å². The third-order valence-corrected chi connectivity index (χ3v) is 1.78. The second-order valence-corrected chi connectivity index (χ2v) is 3.67. The zero-order valence-electron chi connectivity index (χ0n) is 9.37. The molecule has 0 atom stereocenters. The summed E-state index contributed by atoms with van der Waals surface area (Å²) in [5.41, 5.74) is 2.26. The summed E-state index contributed by atoms with van der Waals surface area (Å²) in [5.74, 6) is -0.375. The Morgan fingerprint density at radius 3 is 2.27 bits per heavy atom. The van der Waals surface area contributed by atoms with Crippen LogP contribution in [0.25, 0.3) is 0 Å². The second-order valence-electron chi connectivity index (χ2n) is 3.67. The van der Waals surface area contributed by atoms with E-state index in [0.717, 1.165) is 18.4 Å². The predicted octanol–water partition coefficient (Wildman–Crippen LogP) is 3.16. The van der Waals surface area contributed by atoms with E-state index in [4.69, 9.17) is 5.21 Å². The SMILES string of the molecule is C.CC(C)=CCC/C(C)=C/C(=O)N(C)O. The molecule has 0 aromatic rings. The predicted molar refractivity (Wildman–Crippen MR) is 63.7 cm³/mol. The van der Waals surface area contributed by atoms with Gasteiger partial charge in [0.2, 0.25) is 0 Å². The molecule has 0 aliphatic heterocycles. The van der Waals surface area contributed by atoms with Crippen molar-refractivity contribution in [2.75, 3.05) is 7.05 Å². The van der Waals surface area contributed by atoms with Crippen LogP contribution in [0, 0.1) is 0 Å². The normalized spacial score (nSPS) is 10.3. The maximum atomic E-state index is 11.0. The summed E-state index contributed by atoms with van der Waals surface area (Å²) >= 11 is 0. The van der Waals surface area contributed by atoms with Crippen molar-refractivity contribution >= 4 is 5.91 Å². The Morgan fingerprint density at radius 1 is 1.33 bits per heavy atom. The van der Waals surface area contributed by atoms with Gasteiger partial charge in [-0.2, -0.15) is 0 Å². The van der Waals surface area contributed by atoms with Crippen LogP contribution in [0.3, 0.4) is 0 Å². The third kappa shape index (κ3) is 9.22. The number of hydroxylamine groups is 2. The van der Waals surface area contributed by atoms with E-state index >= 15 is 0 Å². The minimum absolute atomic E-state index is 0. The number of allylic oxidation sites excluding steroid dienone is 3. The number of amides is 1. The fraction of sp³-hybridized carbons (Fsp3) is 0.583.